The van der Waals surface area contributed by atoms with Crippen molar-refractivity contribution in [1.82, 2.24) is 34.2 Å². The summed E-state index contributed by atoms with van der Waals surface area (Å²) in [7, 11) is 0. The standard InChI is InChI=1S/C35H34F2N8O2/c1-6-28(46)42-17-21(5)43(18-20(42)4)33-24-16-26(37)31-29-22(8-7-9-25(29)36)12-15-44-27(11-14-39-44)23-10-13-38-30(19(2)3)32(23)45(34(24)40-31)35(47)41-33/h6-11,13-14,16,19-21H,1,12,15,17-18H2,2-5H3/t20-,21+/m1/s1. The van der Waals surface area contributed by atoms with Gasteiger partial charge in [0.15, 0.2) is 5.65 Å². The Kier molecular flexibility index (Phi) is 7.45. The number of hydrogen-bond donors (Lipinski definition) is 0. The minimum Gasteiger partial charge on any atom is -0.349 e. The van der Waals surface area contributed by atoms with Crippen molar-refractivity contribution in [3.05, 3.63) is 94.8 Å². The fraction of sp³-hybridized carbons (Fsp3) is 0.314. The largest absolute Gasteiger partial charge is 0.355 e. The van der Waals surface area contributed by atoms with Gasteiger partial charge in [-0.15, -0.1) is 0 Å². The summed E-state index contributed by atoms with van der Waals surface area (Å²) >= 11 is 0. The summed E-state index contributed by atoms with van der Waals surface area (Å²) < 4.78 is 35.3. The Balaban J connectivity index is 1.59. The van der Waals surface area contributed by atoms with E-state index in [-0.39, 0.29) is 52.0 Å². The van der Waals surface area contributed by atoms with Gasteiger partial charge >= 0.3 is 5.69 Å². The molecule has 1 amide bonds. The number of halogens is 2. The van der Waals surface area contributed by atoms with E-state index in [0.717, 1.165) is 5.69 Å². The molecule has 240 valence electrons. The van der Waals surface area contributed by atoms with Gasteiger partial charge in [0.2, 0.25) is 5.91 Å². The van der Waals surface area contributed by atoms with Gasteiger partial charge in [0.1, 0.15) is 23.1 Å². The van der Waals surface area contributed by atoms with E-state index in [1.807, 2.05) is 44.7 Å². The van der Waals surface area contributed by atoms with Gasteiger partial charge in [-0.25, -0.2) is 23.1 Å². The van der Waals surface area contributed by atoms with E-state index >= 15 is 8.78 Å². The molecule has 7 rings (SSSR count). The van der Waals surface area contributed by atoms with Gasteiger partial charge in [0.25, 0.3) is 0 Å². The van der Waals surface area contributed by atoms with Crippen LogP contribution in [0.3, 0.4) is 0 Å². The van der Waals surface area contributed by atoms with Gasteiger partial charge in [-0.3, -0.25) is 14.5 Å². The number of aryl methyl sites for hydroxylation is 2. The first-order valence-electron chi connectivity index (χ1n) is 15.7. The van der Waals surface area contributed by atoms with E-state index in [1.165, 1.54) is 22.8 Å². The molecule has 5 aromatic rings. The van der Waals surface area contributed by atoms with Crippen LogP contribution in [0, 0.1) is 11.6 Å². The molecule has 0 unspecified atom stereocenters. The highest BCUT2D eigenvalue weighted by molar-refractivity contribution is 5.92. The van der Waals surface area contributed by atoms with Crippen LogP contribution < -0.4 is 10.6 Å². The number of nitrogens with zero attached hydrogens (tertiary/aromatic N) is 8. The van der Waals surface area contributed by atoms with Crippen molar-refractivity contribution in [2.75, 3.05) is 18.0 Å². The minimum atomic E-state index is -0.745. The molecule has 0 aliphatic carbocycles. The second-order valence-corrected chi connectivity index (χ2v) is 12.5. The average molecular weight is 637 g/mol. The van der Waals surface area contributed by atoms with Gasteiger partial charge in [-0.05, 0) is 62.1 Å². The zero-order valence-corrected chi connectivity index (χ0v) is 26.6. The van der Waals surface area contributed by atoms with Gasteiger partial charge in [-0.2, -0.15) is 10.1 Å². The molecule has 1 fully saturated rings. The lowest BCUT2D eigenvalue weighted by Gasteiger charge is -2.44. The highest BCUT2D eigenvalue weighted by Crippen LogP contribution is 2.38. The summed E-state index contributed by atoms with van der Waals surface area (Å²) in [5.41, 5.74) is 2.37. The number of carbonyl (C=O) groups excluding carboxylic acids is 1. The van der Waals surface area contributed by atoms with Crippen LogP contribution >= 0.6 is 0 Å². The number of aromatic nitrogens is 6. The molecule has 2 aliphatic rings. The monoisotopic (exact) mass is 636 g/mol. The lowest BCUT2D eigenvalue weighted by atomic mass is 9.98. The number of benzene rings is 1. The molecule has 47 heavy (non-hydrogen) atoms. The highest BCUT2D eigenvalue weighted by atomic mass is 19.1. The van der Waals surface area contributed by atoms with Crippen molar-refractivity contribution < 1.29 is 13.6 Å². The molecular formula is C35H34F2N8O2. The first-order valence-corrected chi connectivity index (χ1v) is 15.7. The third-order valence-corrected chi connectivity index (χ3v) is 9.16. The zero-order chi connectivity index (χ0) is 33.1. The van der Waals surface area contributed by atoms with Crippen LogP contribution in [0.2, 0.25) is 0 Å². The highest BCUT2D eigenvalue weighted by Gasteiger charge is 2.35. The summed E-state index contributed by atoms with van der Waals surface area (Å²) in [6.45, 7) is 12.4. The predicted octanol–water partition coefficient (Wildman–Crippen LogP) is 5.28. The second kappa shape index (κ2) is 11.5. The normalized spacial score (nSPS) is 17.6. The third kappa shape index (κ3) is 4.90. The Bertz CT molecular complexity index is 2140. The van der Waals surface area contributed by atoms with Crippen molar-refractivity contribution in [1.29, 1.82) is 0 Å². The predicted molar refractivity (Wildman–Crippen MR) is 175 cm³/mol. The van der Waals surface area contributed by atoms with Crippen LogP contribution in [-0.2, 0) is 17.8 Å². The van der Waals surface area contributed by atoms with E-state index in [9.17, 15) is 9.59 Å². The van der Waals surface area contributed by atoms with Gasteiger partial charge in [-0.1, -0.05) is 32.6 Å². The number of piperazine rings is 1. The average Bonchev–Trinajstić information content (AvgIpc) is 3.52. The summed E-state index contributed by atoms with van der Waals surface area (Å²) in [4.78, 5) is 44.7. The van der Waals surface area contributed by atoms with Crippen molar-refractivity contribution in [2.45, 2.75) is 58.7 Å². The van der Waals surface area contributed by atoms with Crippen LogP contribution in [0.4, 0.5) is 14.6 Å². The van der Waals surface area contributed by atoms with Gasteiger partial charge in [0.05, 0.1) is 22.5 Å². The fourth-order valence-electron chi connectivity index (χ4n) is 6.89. The first-order chi connectivity index (χ1) is 22.6. The molecule has 1 saturated heterocycles. The first kappa shape index (κ1) is 30.4. The maximum absolute atomic E-state index is 16.4. The van der Waals surface area contributed by atoms with E-state index in [2.05, 4.69) is 21.6 Å². The van der Waals surface area contributed by atoms with Crippen molar-refractivity contribution in [3.8, 4) is 28.2 Å². The summed E-state index contributed by atoms with van der Waals surface area (Å²) in [6.07, 6.45) is 5.01. The van der Waals surface area contributed by atoms with Crippen LogP contribution in [0.1, 0.15) is 44.9 Å². The Morgan fingerprint density at radius 3 is 2.62 bits per heavy atom. The number of amides is 1. The number of hydrogen-bond acceptors (Lipinski definition) is 7. The molecule has 0 N–H and O–H groups in total. The van der Waals surface area contributed by atoms with Gasteiger partial charge in [0, 0.05) is 55.2 Å². The zero-order valence-electron chi connectivity index (χ0n) is 26.6. The molecule has 1 aromatic carbocycles. The number of rotatable bonds is 3. The van der Waals surface area contributed by atoms with E-state index in [0.29, 0.717) is 48.6 Å². The molecule has 0 saturated carbocycles. The summed E-state index contributed by atoms with van der Waals surface area (Å²) in [5, 5.41) is 4.83. The smallest absolute Gasteiger partial charge is 0.349 e. The molecule has 4 aromatic heterocycles. The summed E-state index contributed by atoms with van der Waals surface area (Å²) in [5.74, 6) is -1.44. The van der Waals surface area contributed by atoms with Crippen molar-refractivity contribution in [2.24, 2.45) is 0 Å². The van der Waals surface area contributed by atoms with Crippen LogP contribution in [0.25, 0.3) is 39.2 Å². The topological polar surface area (TPSA) is 102 Å². The molecule has 2 atom stereocenters. The lowest BCUT2D eigenvalue weighted by Crippen LogP contribution is -2.58. The maximum Gasteiger partial charge on any atom is 0.355 e. The fourth-order valence-corrected chi connectivity index (χ4v) is 6.89. The molecule has 0 spiro atoms. The van der Waals surface area contributed by atoms with Crippen LogP contribution in [0.5, 0.6) is 0 Å². The Labute approximate surface area is 270 Å². The molecule has 10 nitrogen and oxygen atoms in total. The molecule has 12 heteroatoms. The Morgan fingerprint density at radius 1 is 1.04 bits per heavy atom. The maximum atomic E-state index is 16.4. The van der Waals surface area contributed by atoms with Crippen LogP contribution in [0.15, 0.2) is 66.2 Å². The van der Waals surface area contributed by atoms with E-state index < -0.39 is 17.3 Å². The number of carbonyl (C=O) groups is 1. The van der Waals surface area contributed by atoms with E-state index in [4.69, 9.17) is 4.98 Å². The molecule has 0 radical (unpaired) electrons. The van der Waals surface area contributed by atoms with Gasteiger partial charge < -0.3 is 9.80 Å². The number of fused-ring (bicyclic) bond motifs is 7. The number of pyridine rings is 2. The molecule has 6 heterocycles. The molecule has 2 aliphatic heterocycles. The third-order valence-electron chi connectivity index (χ3n) is 9.16. The SMILES string of the molecule is C=CC(=O)N1C[C@H](C)N(c2nc(=O)n3c4nc(c(F)cc24)-c2c(F)cccc2CCn2nccc2-c2ccnc(C(C)C)c2-3)C[C@H]1C. The van der Waals surface area contributed by atoms with Crippen molar-refractivity contribution >= 4 is 22.8 Å². The summed E-state index contributed by atoms with van der Waals surface area (Å²) in [6, 6.07) is 9.09. The number of anilines is 1. The second-order valence-electron chi connectivity index (χ2n) is 12.5. The Hall–Kier alpha value is -5.26. The van der Waals surface area contributed by atoms with E-state index in [1.54, 1.807) is 34.1 Å². The van der Waals surface area contributed by atoms with Crippen molar-refractivity contribution in [3.63, 3.8) is 0 Å². The Morgan fingerprint density at radius 2 is 1.85 bits per heavy atom. The lowest BCUT2D eigenvalue weighted by molar-refractivity contribution is -0.128. The minimum absolute atomic E-state index is 0.0348. The molecule has 2 bridgehead atoms. The van der Waals surface area contributed by atoms with Crippen LogP contribution in [-0.4, -0.2) is 65.3 Å². The quantitative estimate of drug-likeness (QED) is 0.249. The molecular weight excluding hydrogens is 602 g/mol.